The summed E-state index contributed by atoms with van der Waals surface area (Å²) in [6, 6.07) is 0. The van der Waals surface area contributed by atoms with Crippen LogP contribution in [0.3, 0.4) is 0 Å². The van der Waals surface area contributed by atoms with Crippen molar-refractivity contribution >= 4 is 39.5 Å². The highest BCUT2D eigenvalue weighted by molar-refractivity contribution is 7.47. The Kier molecular flexibility index (Phi) is 70.3. The number of ether oxygens (including phenoxy) is 4. The van der Waals surface area contributed by atoms with Gasteiger partial charge in [0.05, 0.1) is 26.4 Å². The maximum absolute atomic E-state index is 13.1. The van der Waals surface area contributed by atoms with E-state index in [0.717, 1.165) is 102 Å². The Hall–Kier alpha value is -1.94. The second kappa shape index (κ2) is 71.7. The SMILES string of the molecule is CCCCCCCCCCCCC(=O)OC[C@H](COP(=O)(O)OC[C@H](O)COP(=O)(O)OC[C@@H](COC(=O)CCCCCCCCCCCCCCCCC(C)CC)OC(=O)CCCCCCCCCCCCCCCCCCCCC(C)C)OC(=O)CCCCCCCCCCCC. The maximum atomic E-state index is 13.1. The molecule has 0 bridgehead atoms. The van der Waals surface area contributed by atoms with Crippen molar-refractivity contribution in [2.75, 3.05) is 39.6 Å². The van der Waals surface area contributed by atoms with Crippen LogP contribution in [0.15, 0.2) is 0 Å². The molecule has 0 saturated carbocycles. The van der Waals surface area contributed by atoms with Crippen LogP contribution in [-0.4, -0.2) is 96.7 Å². The number of phosphoric acid groups is 2. The van der Waals surface area contributed by atoms with Gasteiger partial charge in [0.1, 0.15) is 19.3 Å². The van der Waals surface area contributed by atoms with E-state index in [4.69, 9.17) is 37.0 Å². The molecule has 19 heteroatoms. The molecule has 17 nitrogen and oxygen atoms in total. The molecule has 3 unspecified atom stereocenters. The van der Waals surface area contributed by atoms with Crippen molar-refractivity contribution in [3.63, 3.8) is 0 Å². The number of carbonyl (C=O) groups excluding carboxylic acids is 4. The summed E-state index contributed by atoms with van der Waals surface area (Å²) < 4.78 is 68.6. The topological polar surface area (TPSA) is 237 Å². The fourth-order valence-corrected chi connectivity index (χ4v) is 13.9. The number of hydrogen-bond acceptors (Lipinski definition) is 15. The highest BCUT2D eigenvalue weighted by Crippen LogP contribution is 2.45. The van der Waals surface area contributed by atoms with Crippen molar-refractivity contribution in [3.8, 4) is 0 Å². The number of phosphoric ester groups is 2. The lowest BCUT2D eigenvalue weighted by molar-refractivity contribution is -0.161. The number of aliphatic hydroxyl groups excluding tert-OH is 1. The zero-order valence-electron chi connectivity index (χ0n) is 64.8. The summed E-state index contributed by atoms with van der Waals surface area (Å²) in [6.07, 6.45) is 61.0. The van der Waals surface area contributed by atoms with Crippen LogP contribution in [0, 0.1) is 11.8 Å². The molecule has 0 spiro atoms. The quantitative estimate of drug-likeness (QED) is 0.0222. The monoisotopic (exact) mass is 1450 g/mol. The van der Waals surface area contributed by atoms with Crippen molar-refractivity contribution in [1.29, 1.82) is 0 Å². The van der Waals surface area contributed by atoms with E-state index < -0.39 is 97.5 Å². The fourth-order valence-electron chi connectivity index (χ4n) is 12.3. The van der Waals surface area contributed by atoms with Crippen LogP contribution in [-0.2, 0) is 65.4 Å². The van der Waals surface area contributed by atoms with E-state index in [9.17, 15) is 43.2 Å². The highest BCUT2D eigenvalue weighted by atomic mass is 31.2. The van der Waals surface area contributed by atoms with Crippen LogP contribution >= 0.6 is 15.6 Å². The van der Waals surface area contributed by atoms with Crippen molar-refractivity contribution in [2.45, 2.75) is 439 Å². The number of rotatable bonds is 79. The number of unbranched alkanes of at least 4 members (excludes halogenated alkanes) is 48. The molecule has 3 N–H and O–H groups in total. The zero-order valence-corrected chi connectivity index (χ0v) is 66.6. The van der Waals surface area contributed by atoms with E-state index in [1.54, 1.807) is 0 Å². The number of aliphatic hydroxyl groups is 1. The molecule has 6 atom stereocenters. The predicted molar refractivity (Wildman–Crippen MR) is 405 cm³/mol. The smallest absolute Gasteiger partial charge is 0.462 e. The Labute approximate surface area is 607 Å². The van der Waals surface area contributed by atoms with Crippen LogP contribution in [0.1, 0.15) is 420 Å². The Bertz CT molecular complexity index is 1910. The third-order valence-electron chi connectivity index (χ3n) is 19.1. The van der Waals surface area contributed by atoms with Crippen molar-refractivity contribution in [2.24, 2.45) is 11.8 Å². The van der Waals surface area contributed by atoms with E-state index >= 15 is 0 Å². The lowest BCUT2D eigenvalue weighted by Crippen LogP contribution is -2.30. The Morgan fingerprint density at radius 3 is 0.768 bits per heavy atom. The molecule has 0 aliphatic carbocycles. The molecule has 0 aromatic rings. The predicted octanol–water partition coefficient (Wildman–Crippen LogP) is 23.9. The highest BCUT2D eigenvalue weighted by Gasteiger charge is 2.30. The molecule has 0 aliphatic rings. The lowest BCUT2D eigenvalue weighted by Gasteiger charge is -2.21. The van der Waals surface area contributed by atoms with Gasteiger partial charge >= 0.3 is 39.5 Å². The maximum Gasteiger partial charge on any atom is 0.472 e. The molecule has 0 fully saturated rings. The lowest BCUT2D eigenvalue weighted by atomic mass is 9.99. The van der Waals surface area contributed by atoms with E-state index in [-0.39, 0.29) is 25.7 Å². The molecule has 0 heterocycles. The Balaban J connectivity index is 5.19. The molecule has 0 saturated heterocycles. The second-order valence-electron chi connectivity index (χ2n) is 29.5. The Morgan fingerprint density at radius 1 is 0.293 bits per heavy atom. The average molecular weight is 1450 g/mol. The first-order chi connectivity index (χ1) is 47.9. The third-order valence-corrected chi connectivity index (χ3v) is 21.0. The molecule has 0 radical (unpaired) electrons. The van der Waals surface area contributed by atoms with Gasteiger partial charge in [-0.2, -0.15) is 0 Å². The minimum absolute atomic E-state index is 0.107. The van der Waals surface area contributed by atoms with Gasteiger partial charge in [-0.05, 0) is 37.5 Å². The standard InChI is InChI=1S/C80H156O17P2/c1-7-10-12-14-16-18-38-44-50-56-62-77(82)90-68-75(96-79(84)64-58-52-46-39-19-17-15-13-11-8-2)70-94-98(86,87)92-66-74(81)67-93-99(88,89)95-71-76(69-91-78(83)63-57-51-45-40-34-30-27-26-29-33-37-43-49-55-61-73(6)9-3)97-80(85)65-59-53-47-41-35-31-25-23-21-20-22-24-28-32-36-42-48-54-60-72(4)5/h72-76,81H,7-71H2,1-6H3,(H,86,87)(H,88,89)/t73?,74-,75+,76+/m0/s1. The summed E-state index contributed by atoms with van der Waals surface area (Å²) in [5.41, 5.74) is 0. The van der Waals surface area contributed by atoms with E-state index in [1.807, 2.05) is 0 Å². The van der Waals surface area contributed by atoms with Gasteiger partial charge in [-0.3, -0.25) is 37.3 Å². The first kappa shape index (κ1) is 97.1. The first-order valence-corrected chi connectivity index (χ1v) is 44.5. The molecular formula is C80H156O17P2. The van der Waals surface area contributed by atoms with Gasteiger partial charge in [-0.25, -0.2) is 9.13 Å². The molecule has 0 aromatic carbocycles. The summed E-state index contributed by atoms with van der Waals surface area (Å²) in [4.78, 5) is 72.9. The first-order valence-electron chi connectivity index (χ1n) is 41.5. The molecule has 0 aliphatic heterocycles. The van der Waals surface area contributed by atoms with Crippen molar-refractivity contribution < 1.29 is 80.2 Å². The van der Waals surface area contributed by atoms with Gasteiger partial charge in [0.25, 0.3) is 0 Å². The van der Waals surface area contributed by atoms with Gasteiger partial charge in [-0.15, -0.1) is 0 Å². The Morgan fingerprint density at radius 2 is 0.515 bits per heavy atom. The van der Waals surface area contributed by atoms with E-state index in [1.165, 1.54) is 238 Å². The average Bonchev–Trinajstić information content (AvgIpc) is 1.24. The summed E-state index contributed by atoms with van der Waals surface area (Å²) >= 11 is 0. The summed E-state index contributed by atoms with van der Waals surface area (Å²) in [5.74, 6) is -0.440. The van der Waals surface area contributed by atoms with Gasteiger partial charge in [0.15, 0.2) is 12.2 Å². The normalized spacial score (nSPS) is 14.2. The summed E-state index contributed by atoms with van der Waals surface area (Å²) in [5, 5.41) is 10.6. The zero-order chi connectivity index (χ0) is 72.8. The summed E-state index contributed by atoms with van der Waals surface area (Å²) in [7, 11) is -9.91. The van der Waals surface area contributed by atoms with Crippen LogP contribution in [0.2, 0.25) is 0 Å². The molecule has 0 rings (SSSR count). The van der Waals surface area contributed by atoms with Crippen LogP contribution in [0.5, 0.6) is 0 Å². The summed E-state index contributed by atoms with van der Waals surface area (Å²) in [6.45, 7) is 9.70. The molecular weight excluding hydrogens is 1290 g/mol. The molecule has 0 amide bonds. The second-order valence-corrected chi connectivity index (χ2v) is 32.4. The van der Waals surface area contributed by atoms with Gasteiger partial charge in [0.2, 0.25) is 0 Å². The van der Waals surface area contributed by atoms with Crippen LogP contribution in [0.25, 0.3) is 0 Å². The van der Waals surface area contributed by atoms with Gasteiger partial charge < -0.3 is 33.8 Å². The third kappa shape index (κ3) is 72.8. The number of hydrogen-bond donors (Lipinski definition) is 3. The van der Waals surface area contributed by atoms with Crippen molar-refractivity contribution in [1.82, 2.24) is 0 Å². The largest absolute Gasteiger partial charge is 0.472 e. The van der Waals surface area contributed by atoms with Gasteiger partial charge in [-0.1, -0.05) is 369 Å². The minimum atomic E-state index is -4.96. The number of esters is 4. The van der Waals surface area contributed by atoms with E-state index in [0.29, 0.717) is 25.7 Å². The van der Waals surface area contributed by atoms with E-state index in [2.05, 4.69) is 41.5 Å². The molecule has 99 heavy (non-hydrogen) atoms. The van der Waals surface area contributed by atoms with Crippen LogP contribution < -0.4 is 0 Å². The van der Waals surface area contributed by atoms with Crippen LogP contribution in [0.4, 0.5) is 0 Å². The van der Waals surface area contributed by atoms with Crippen molar-refractivity contribution in [3.05, 3.63) is 0 Å². The number of carbonyl (C=O) groups is 4. The minimum Gasteiger partial charge on any atom is -0.462 e. The molecule has 0 aromatic heterocycles. The van der Waals surface area contributed by atoms with Gasteiger partial charge in [0, 0.05) is 25.7 Å². The molecule has 588 valence electrons. The fraction of sp³-hybridized carbons (Fsp3) is 0.950.